The van der Waals surface area contributed by atoms with Gasteiger partial charge in [0.2, 0.25) is 0 Å². The van der Waals surface area contributed by atoms with Crippen LogP contribution in [0.1, 0.15) is 58.3 Å². The van der Waals surface area contributed by atoms with Crippen LogP contribution in [0.2, 0.25) is 0 Å². The number of oxime groups is 1. The van der Waals surface area contributed by atoms with Gasteiger partial charge in [0, 0.05) is 40.1 Å². The van der Waals surface area contributed by atoms with Crippen molar-refractivity contribution >= 4 is 16.5 Å². The average Bonchev–Trinajstić information content (AvgIpc) is 2.80. The van der Waals surface area contributed by atoms with E-state index < -0.39 is 34.0 Å². The molecule has 2 aromatic rings. The molecular weight excluding hydrogens is 477 g/mol. The zero-order valence-electron chi connectivity index (χ0n) is 21.0. The molecule has 2 atom stereocenters. The molecule has 11 heteroatoms. The van der Waals surface area contributed by atoms with Gasteiger partial charge in [0.05, 0.1) is 24.9 Å². The van der Waals surface area contributed by atoms with Crippen LogP contribution >= 0.6 is 0 Å². The van der Waals surface area contributed by atoms with Crippen molar-refractivity contribution in [2.24, 2.45) is 5.16 Å². The molecule has 2 unspecified atom stereocenters. The van der Waals surface area contributed by atoms with Crippen molar-refractivity contribution in [3.05, 3.63) is 62.2 Å². The lowest BCUT2D eigenvalue weighted by Crippen LogP contribution is -2.43. The molecule has 0 saturated heterocycles. The van der Waals surface area contributed by atoms with Crippen LogP contribution in [0.5, 0.6) is 5.75 Å². The van der Waals surface area contributed by atoms with Crippen molar-refractivity contribution in [2.45, 2.75) is 71.6 Å². The van der Waals surface area contributed by atoms with Gasteiger partial charge in [-0.05, 0) is 45.4 Å². The van der Waals surface area contributed by atoms with Crippen molar-refractivity contribution in [2.75, 3.05) is 12.9 Å². The number of halogens is 1. The molecule has 0 aliphatic carbocycles. The highest BCUT2D eigenvalue weighted by Crippen LogP contribution is 2.26. The number of benzene rings is 1. The van der Waals surface area contributed by atoms with Crippen LogP contribution in [0.3, 0.4) is 0 Å². The molecule has 35 heavy (non-hydrogen) atoms. The molecule has 0 fully saturated rings. The van der Waals surface area contributed by atoms with Gasteiger partial charge in [-0.1, -0.05) is 19.0 Å². The first-order chi connectivity index (χ1) is 16.5. The molecule has 1 aromatic heterocycles. The topological polar surface area (TPSA) is 112 Å². The van der Waals surface area contributed by atoms with Gasteiger partial charge >= 0.3 is 5.69 Å². The van der Waals surface area contributed by atoms with Gasteiger partial charge < -0.3 is 14.7 Å². The monoisotopic (exact) mass is 511 g/mol. The summed E-state index contributed by atoms with van der Waals surface area (Å²) in [7, 11) is 0.309. The van der Waals surface area contributed by atoms with Gasteiger partial charge in [0.1, 0.15) is 23.8 Å². The number of nitrogens with zero attached hydrogens (tertiary/aromatic N) is 3. The van der Waals surface area contributed by atoms with E-state index in [4.69, 9.17) is 9.57 Å². The Bertz CT molecular complexity index is 1190. The molecule has 2 rings (SSSR count). The lowest BCUT2D eigenvalue weighted by molar-refractivity contribution is 0.0859. The van der Waals surface area contributed by atoms with Gasteiger partial charge in [0.25, 0.3) is 5.56 Å². The fourth-order valence-corrected chi connectivity index (χ4v) is 4.20. The molecule has 0 radical (unpaired) electrons. The maximum Gasteiger partial charge on any atom is 0.331 e. The lowest BCUT2D eigenvalue weighted by Gasteiger charge is -2.18. The van der Waals surface area contributed by atoms with Gasteiger partial charge in [-0.25, -0.2) is 9.18 Å². The summed E-state index contributed by atoms with van der Waals surface area (Å²) in [6.45, 7) is 8.61. The SMILES string of the molecule is COc1ccc(F)cc1C(O)Cn1cc(/C(C)=N/OC(C)C)c(=O)n(CCCS(=O)C(C)C)c1=O. The first-order valence-corrected chi connectivity index (χ1v) is 12.8. The van der Waals surface area contributed by atoms with Gasteiger partial charge in [-0.2, -0.15) is 0 Å². The van der Waals surface area contributed by atoms with Crippen LogP contribution < -0.4 is 16.0 Å². The first kappa shape index (κ1) is 28.4. The van der Waals surface area contributed by atoms with E-state index in [-0.39, 0.29) is 47.0 Å². The normalized spacial score (nSPS) is 13.8. The van der Waals surface area contributed by atoms with Crippen molar-refractivity contribution in [1.29, 1.82) is 0 Å². The van der Waals surface area contributed by atoms with Crippen LogP contribution in [0.15, 0.2) is 39.1 Å². The predicted molar refractivity (Wildman–Crippen MR) is 134 cm³/mol. The highest BCUT2D eigenvalue weighted by molar-refractivity contribution is 7.85. The number of methoxy groups -OCH3 is 1. The second-order valence-corrected chi connectivity index (χ2v) is 10.8. The molecule has 1 aromatic carbocycles. The largest absolute Gasteiger partial charge is 0.496 e. The molecule has 0 aliphatic heterocycles. The Kier molecular flexibility index (Phi) is 10.4. The number of aliphatic hydroxyl groups excluding tert-OH is 1. The number of aromatic nitrogens is 2. The van der Waals surface area contributed by atoms with Crippen LogP contribution in [-0.2, 0) is 28.7 Å². The Morgan fingerprint density at radius 1 is 1.23 bits per heavy atom. The maximum absolute atomic E-state index is 13.8. The van der Waals surface area contributed by atoms with E-state index in [1.54, 1.807) is 20.8 Å². The summed E-state index contributed by atoms with van der Waals surface area (Å²) in [5, 5.41) is 14.8. The molecule has 0 aliphatic rings. The highest BCUT2D eigenvalue weighted by Gasteiger charge is 2.20. The Morgan fingerprint density at radius 3 is 2.51 bits per heavy atom. The van der Waals surface area contributed by atoms with Crippen LogP contribution in [-0.4, -0.2) is 48.4 Å². The number of aliphatic hydroxyl groups is 1. The van der Waals surface area contributed by atoms with Crippen LogP contribution in [0.4, 0.5) is 4.39 Å². The number of hydrogen-bond donors (Lipinski definition) is 1. The highest BCUT2D eigenvalue weighted by atomic mass is 32.2. The Morgan fingerprint density at radius 2 is 1.91 bits per heavy atom. The molecule has 9 nitrogen and oxygen atoms in total. The smallest absolute Gasteiger partial charge is 0.331 e. The molecular formula is C24H34FN3O6S. The minimum Gasteiger partial charge on any atom is -0.496 e. The summed E-state index contributed by atoms with van der Waals surface area (Å²) in [5.41, 5.74) is -0.669. The van der Waals surface area contributed by atoms with E-state index in [0.717, 1.165) is 10.6 Å². The zero-order valence-corrected chi connectivity index (χ0v) is 21.8. The Hall–Kier alpha value is -2.79. The van der Waals surface area contributed by atoms with E-state index in [2.05, 4.69) is 5.16 Å². The standard InChI is InChI=1S/C24H34FN3O6S/c1-15(2)34-26-17(5)20-13-27(14-21(29)19-12-18(25)8-9-22(19)33-6)24(31)28(23(20)30)10-7-11-35(32)16(3)4/h8-9,12-13,15-16,21,29H,7,10-11,14H2,1-6H3/b26-17+. The Balaban J connectivity index is 2.51. The summed E-state index contributed by atoms with van der Waals surface area (Å²) in [5.74, 6) is 0.0324. The lowest BCUT2D eigenvalue weighted by atomic mass is 10.1. The summed E-state index contributed by atoms with van der Waals surface area (Å²) < 4.78 is 33.4. The van der Waals surface area contributed by atoms with Crippen LogP contribution in [0, 0.1) is 5.82 Å². The zero-order chi connectivity index (χ0) is 26.3. The fourth-order valence-electron chi connectivity index (χ4n) is 3.31. The molecule has 0 saturated carbocycles. The minimum atomic E-state index is -1.30. The van der Waals surface area contributed by atoms with E-state index in [9.17, 15) is 23.3 Å². The van der Waals surface area contributed by atoms with Gasteiger partial charge in [-0.15, -0.1) is 0 Å². The molecule has 0 amide bonds. The number of hydrogen-bond acceptors (Lipinski definition) is 7. The molecule has 194 valence electrons. The van der Waals surface area contributed by atoms with Crippen molar-refractivity contribution in [1.82, 2.24) is 9.13 Å². The second-order valence-electron chi connectivity index (χ2n) is 8.65. The van der Waals surface area contributed by atoms with E-state index in [0.29, 0.717) is 12.2 Å². The second kappa shape index (κ2) is 12.8. The van der Waals surface area contributed by atoms with Gasteiger partial charge in [0.15, 0.2) is 0 Å². The van der Waals surface area contributed by atoms with Gasteiger partial charge in [-0.3, -0.25) is 18.1 Å². The third kappa shape index (κ3) is 7.60. The maximum atomic E-state index is 13.8. The molecule has 0 spiro atoms. The Labute approximate surface area is 206 Å². The van der Waals surface area contributed by atoms with Crippen LogP contribution in [0.25, 0.3) is 0 Å². The van der Waals surface area contributed by atoms with Crippen molar-refractivity contribution in [3.63, 3.8) is 0 Å². The number of ether oxygens (including phenoxy) is 1. The fraction of sp³-hybridized carbons (Fsp3) is 0.542. The van der Waals surface area contributed by atoms with Crippen molar-refractivity contribution < 1.29 is 23.3 Å². The van der Waals surface area contributed by atoms with E-state index in [1.807, 2.05) is 13.8 Å². The summed E-state index contributed by atoms with van der Waals surface area (Å²) in [6, 6.07) is 3.73. The third-order valence-corrected chi connectivity index (χ3v) is 6.94. The summed E-state index contributed by atoms with van der Waals surface area (Å²) in [6.07, 6.45) is 0.147. The van der Waals surface area contributed by atoms with Crippen molar-refractivity contribution in [3.8, 4) is 5.75 Å². The number of rotatable bonds is 12. The quantitative estimate of drug-likeness (QED) is 0.346. The summed E-state index contributed by atoms with van der Waals surface area (Å²) >= 11 is 0. The van der Waals surface area contributed by atoms with E-state index in [1.165, 1.54) is 30.0 Å². The van der Waals surface area contributed by atoms with E-state index >= 15 is 0 Å². The molecule has 1 heterocycles. The first-order valence-electron chi connectivity index (χ1n) is 11.4. The minimum absolute atomic E-state index is 0.0336. The average molecular weight is 512 g/mol. The molecule has 0 bridgehead atoms. The summed E-state index contributed by atoms with van der Waals surface area (Å²) in [4.78, 5) is 31.6. The molecule has 1 N–H and O–H groups in total. The third-order valence-electron chi connectivity index (χ3n) is 5.20. The predicted octanol–water partition coefficient (Wildman–Crippen LogP) is 2.59.